The largest absolute Gasteiger partial charge is 0.140 e. The van der Waals surface area contributed by atoms with Crippen LogP contribution in [0.1, 0.15) is 22.3 Å². The molecule has 0 saturated heterocycles. The van der Waals surface area contributed by atoms with Crippen LogP contribution in [0.5, 0.6) is 0 Å². The summed E-state index contributed by atoms with van der Waals surface area (Å²) in [6, 6.07) is 17.3. The summed E-state index contributed by atoms with van der Waals surface area (Å²) in [7, 11) is 2.16. The van der Waals surface area contributed by atoms with E-state index in [1.807, 2.05) is 0 Å². The van der Waals surface area contributed by atoms with Gasteiger partial charge in [-0.15, -0.1) is 0 Å². The van der Waals surface area contributed by atoms with Crippen molar-refractivity contribution in [2.45, 2.75) is 13.8 Å². The third-order valence-electron chi connectivity index (χ3n) is 2.97. The Morgan fingerprint density at radius 3 is 1.82 bits per heavy atom. The molecular formula is C16H17B. The number of aryl methyl sites for hydroxylation is 2. The van der Waals surface area contributed by atoms with E-state index in [9.17, 15) is 0 Å². The summed E-state index contributed by atoms with van der Waals surface area (Å²) in [5, 5.41) is 0. The Morgan fingerprint density at radius 2 is 1.29 bits per heavy atom. The second-order valence-corrected chi connectivity index (χ2v) is 4.60. The smallest absolute Gasteiger partial charge is 0.0813 e. The van der Waals surface area contributed by atoms with E-state index in [0.29, 0.717) is 0 Å². The molecule has 0 N–H and O–H groups in total. The molecule has 0 heterocycles. The zero-order valence-electron chi connectivity index (χ0n) is 10.7. The lowest BCUT2D eigenvalue weighted by molar-refractivity contribution is 1.46. The van der Waals surface area contributed by atoms with E-state index in [-0.39, 0.29) is 0 Å². The third kappa shape index (κ3) is 3.10. The Morgan fingerprint density at radius 1 is 0.824 bits per heavy atom. The quantitative estimate of drug-likeness (QED) is 0.537. The number of hydrogen-bond donors (Lipinski definition) is 0. The van der Waals surface area contributed by atoms with Crippen molar-refractivity contribution < 1.29 is 0 Å². The van der Waals surface area contributed by atoms with Gasteiger partial charge < -0.3 is 0 Å². The molecule has 0 spiro atoms. The molecule has 84 valence electrons. The molecule has 2 aromatic carbocycles. The summed E-state index contributed by atoms with van der Waals surface area (Å²) < 4.78 is 0. The van der Waals surface area contributed by atoms with Gasteiger partial charge >= 0.3 is 0 Å². The van der Waals surface area contributed by atoms with E-state index in [0.717, 1.165) is 0 Å². The maximum absolute atomic E-state index is 2.23. The summed E-state index contributed by atoms with van der Waals surface area (Å²) in [5.41, 5.74) is 6.45. The van der Waals surface area contributed by atoms with Crippen molar-refractivity contribution in [3.05, 3.63) is 70.8 Å². The van der Waals surface area contributed by atoms with Gasteiger partial charge in [-0.05, 0) is 25.0 Å². The van der Waals surface area contributed by atoms with Crippen LogP contribution in [0.15, 0.2) is 48.5 Å². The van der Waals surface area contributed by atoms with Gasteiger partial charge in [0.15, 0.2) is 0 Å². The molecule has 2 rings (SSSR count). The highest BCUT2D eigenvalue weighted by atomic mass is 14.0. The zero-order chi connectivity index (χ0) is 12.3. The van der Waals surface area contributed by atoms with Crippen LogP contribution in [-0.2, 0) is 0 Å². The minimum Gasteiger partial charge on any atom is -0.0813 e. The van der Waals surface area contributed by atoms with Gasteiger partial charge in [0.25, 0.3) is 0 Å². The first-order valence-electron chi connectivity index (χ1n) is 5.97. The maximum atomic E-state index is 2.23. The van der Waals surface area contributed by atoms with Crippen LogP contribution in [0.4, 0.5) is 0 Å². The van der Waals surface area contributed by atoms with Gasteiger partial charge in [0.1, 0.15) is 7.85 Å². The molecule has 1 heteroatoms. The summed E-state index contributed by atoms with van der Waals surface area (Å²) >= 11 is 0. The first kappa shape index (κ1) is 11.7. The first-order valence-corrected chi connectivity index (χ1v) is 5.97. The summed E-state index contributed by atoms with van der Waals surface area (Å²) in [6.07, 6.45) is 2.23. The normalized spacial score (nSPS) is 11.5. The topological polar surface area (TPSA) is 0 Å². The highest BCUT2D eigenvalue weighted by Crippen LogP contribution is 2.16. The molecule has 0 aliphatic rings. The van der Waals surface area contributed by atoms with Crippen molar-refractivity contribution >= 4 is 19.4 Å². The monoisotopic (exact) mass is 220 g/mol. The molecule has 0 amide bonds. The van der Waals surface area contributed by atoms with E-state index < -0.39 is 0 Å². The van der Waals surface area contributed by atoms with E-state index in [2.05, 4.69) is 76.3 Å². The van der Waals surface area contributed by atoms with Crippen LogP contribution < -0.4 is 0 Å². The van der Waals surface area contributed by atoms with Crippen LogP contribution in [-0.4, -0.2) is 7.85 Å². The van der Waals surface area contributed by atoms with Gasteiger partial charge in [-0.3, -0.25) is 0 Å². The maximum Gasteiger partial charge on any atom is 0.140 e. The standard InChI is InChI=1S/C16H17B/c1-12-3-7-14(8-4-12)11-16(17)15-9-5-13(2)6-10-15/h3-11H,17H2,1-2H3. The molecule has 0 aromatic heterocycles. The fraction of sp³-hybridized carbons (Fsp3) is 0.125. The predicted octanol–water partition coefficient (Wildman–Crippen LogP) is 3.43. The Bertz CT molecular complexity index is 518. The molecule has 17 heavy (non-hydrogen) atoms. The first-order chi connectivity index (χ1) is 8.15. The second kappa shape index (κ2) is 5.05. The van der Waals surface area contributed by atoms with Crippen molar-refractivity contribution in [1.82, 2.24) is 0 Å². The Kier molecular flexibility index (Phi) is 3.48. The van der Waals surface area contributed by atoms with Crippen LogP contribution in [0.3, 0.4) is 0 Å². The predicted molar refractivity (Wildman–Crippen MR) is 78.8 cm³/mol. The molecule has 0 atom stereocenters. The molecule has 0 nitrogen and oxygen atoms in total. The van der Waals surface area contributed by atoms with Gasteiger partial charge in [0.05, 0.1) is 0 Å². The highest BCUT2D eigenvalue weighted by Gasteiger charge is 1.95. The Labute approximate surface area is 104 Å². The molecule has 0 unspecified atom stereocenters. The SMILES string of the molecule is BC(=Cc1ccc(C)cc1)c1ccc(C)cc1. The fourth-order valence-corrected chi connectivity index (χ4v) is 1.81. The van der Waals surface area contributed by atoms with Gasteiger partial charge in [0.2, 0.25) is 0 Å². The van der Waals surface area contributed by atoms with Crippen LogP contribution >= 0.6 is 0 Å². The van der Waals surface area contributed by atoms with Crippen molar-refractivity contribution in [3.63, 3.8) is 0 Å². The van der Waals surface area contributed by atoms with Crippen LogP contribution in [0, 0.1) is 13.8 Å². The van der Waals surface area contributed by atoms with Gasteiger partial charge in [-0.2, -0.15) is 0 Å². The Balaban J connectivity index is 2.27. The molecule has 0 saturated carbocycles. The molecule has 0 fully saturated rings. The van der Waals surface area contributed by atoms with Gasteiger partial charge in [-0.25, -0.2) is 0 Å². The summed E-state index contributed by atoms with van der Waals surface area (Å²) in [5.74, 6) is 0. The van der Waals surface area contributed by atoms with Gasteiger partial charge in [0, 0.05) is 0 Å². The van der Waals surface area contributed by atoms with Crippen molar-refractivity contribution in [3.8, 4) is 0 Å². The Hall–Kier alpha value is -1.76. The average Bonchev–Trinajstić information content (AvgIpc) is 2.33. The highest BCUT2D eigenvalue weighted by molar-refractivity contribution is 6.45. The van der Waals surface area contributed by atoms with Crippen molar-refractivity contribution in [2.75, 3.05) is 0 Å². The van der Waals surface area contributed by atoms with Gasteiger partial charge in [-0.1, -0.05) is 71.2 Å². The van der Waals surface area contributed by atoms with E-state index in [1.165, 1.54) is 27.7 Å². The second-order valence-electron chi connectivity index (χ2n) is 4.60. The van der Waals surface area contributed by atoms with Crippen molar-refractivity contribution in [1.29, 1.82) is 0 Å². The van der Waals surface area contributed by atoms with E-state index in [1.54, 1.807) is 0 Å². The molecular weight excluding hydrogens is 203 g/mol. The lowest BCUT2D eigenvalue weighted by Gasteiger charge is -2.03. The van der Waals surface area contributed by atoms with E-state index >= 15 is 0 Å². The van der Waals surface area contributed by atoms with E-state index in [4.69, 9.17) is 0 Å². The lowest BCUT2D eigenvalue weighted by atomic mass is 9.86. The van der Waals surface area contributed by atoms with Crippen LogP contribution in [0.25, 0.3) is 11.5 Å². The minimum atomic E-state index is 1.26. The number of benzene rings is 2. The molecule has 0 bridgehead atoms. The lowest BCUT2D eigenvalue weighted by Crippen LogP contribution is -1.84. The summed E-state index contributed by atoms with van der Waals surface area (Å²) in [6.45, 7) is 4.23. The average molecular weight is 220 g/mol. The molecule has 0 aliphatic heterocycles. The molecule has 2 aromatic rings. The van der Waals surface area contributed by atoms with Crippen LogP contribution in [0.2, 0.25) is 0 Å². The molecule has 0 radical (unpaired) electrons. The molecule has 0 aliphatic carbocycles. The number of hydrogen-bond acceptors (Lipinski definition) is 0. The third-order valence-corrected chi connectivity index (χ3v) is 2.97. The number of rotatable bonds is 2. The fourth-order valence-electron chi connectivity index (χ4n) is 1.81. The van der Waals surface area contributed by atoms with Crippen molar-refractivity contribution in [2.24, 2.45) is 0 Å². The minimum absolute atomic E-state index is 1.26. The summed E-state index contributed by atoms with van der Waals surface area (Å²) in [4.78, 5) is 0. The zero-order valence-corrected chi connectivity index (χ0v) is 10.7.